The number of carboxylic acid groups (broad SMARTS) is 1. The molecular formula is C16H20N2O4S. The minimum atomic E-state index is -3.90. The summed E-state index contributed by atoms with van der Waals surface area (Å²) in [5, 5.41) is 10.9. The summed E-state index contributed by atoms with van der Waals surface area (Å²) in [6.45, 7) is 0.448. The van der Waals surface area contributed by atoms with Gasteiger partial charge in [-0.05, 0) is 42.3 Å². The average Bonchev–Trinajstić information content (AvgIpc) is 2.53. The minimum absolute atomic E-state index is 0.0567. The summed E-state index contributed by atoms with van der Waals surface area (Å²) in [7, 11) is -3.90. The first-order valence-corrected chi connectivity index (χ1v) is 8.86. The quantitative estimate of drug-likeness (QED) is 0.636. The predicted molar refractivity (Wildman–Crippen MR) is 88.6 cm³/mol. The first kappa shape index (κ1) is 17.4. The molecule has 6 nitrogen and oxygen atoms in total. The minimum Gasteiger partial charge on any atom is -0.480 e. The molecule has 0 aliphatic rings. The van der Waals surface area contributed by atoms with Crippen LogP contribution in [0.5, 0.6) is 0 Å². The van der Waals surface area contributed by atoms with Crippen LogP contribution in [0.3, 0.4) is 0 Å². The van der Waals surface area contributed by atoms with Crippen molar-refractivity contribution in [1.29, 1.82) is 0 Å². The number of hydrogen-bond acceptors (Lipinski definition) is 4. The fourth-order valence-corrected chi connectivity index (χ4v) is 3.57. The fraction of sp³-hybridized carbons (Fsp3) is 0.312. The zero-order chi connectivity index (χ0) is 16.9. The topological polar surface area (TPSA) is 109 Å². The van der Waals surface area contributed by atoms with Gasteiger partial charge >= 0.3 is 5.97 Å². The van der Waals surface area contributed by atoms with Crippen molar-refractivity contribution < 1.29 is 18.3 Å². The number of carbonyl (C=O) groups is 1. The van der Waals surface area contributed by atoms with Crippen LogP contribution >= 0.6 is 0 Å². The Hall–Kier alpha value is -1.96. The fourth-order valence-electron chi connectivity index (χ4n) is 2.32. The number of unbranched alkanes of at least 4 members (excludes halogenated alkanes) is 1. The molecule has 7 heteroatoms. The summed E-state index contributed by atoms with van der Waals surface area (Å²) < 4.78 is 27.1. The zero-order valence-corrected chi connectivity index (χ0v) is 13.4. The maximum absolute atomic E-state index is 12.4. The Morgan fingerprint density at radius 3 is 2.48 bits per heavy atom. The molecule has 0 saturated carbocycles. The van der Waals surface area contributed by atoms with Crippen molar-refractivity contribution in [3.05, 3.63) is 42.5 Å². The van der Waals surface area contributed by atoms with Crippen LogP contribution in [0.4, 0.5) is 0 Å². The van der Waals surface area contributed by atoms with Crippen molar-refractivity contribution in [1.82, 2.24) is 4.72 Å². The first-order valence-electron chi connectivity index (χ1n) is 7.38. The van der Waals surface area contributed by atoms with Crippen LogP contribution in [-0.4, -0.2) is 32.1 Å². The Balaban J connectivity index is 2.22. The van der Waals surface area contributed by atoms with Crippen molar-refractivity contribution in [2.45, 2.75) is 30.2 Å². The predicted octanol–water partition coefficient (Wildman–Crippen LogP) is 1.70. The van der Waals surface area contributed by atoms with Crippen molar-refractivity contribution >= 4 is 26.8 Å². The highest BCUT2D eigenvalue weighted by molar-refractivity contribution is 7.89. The van der Waals surface area contributed by atoms with Crippen LogP contribution < -0.4 is 10.5 Å². The number of aliphatic carboxylic acids is 1. The van der Waals surface area contributed by atoms with Crippen LogP contribution in [0.15, 0.2) is 47.4 Å². The maximum atomic E-state index is 12.4. The van der Waals surface area contributed by atoms with Gasteiger partial charge in [-0.3, -0.25) is 4.79 Å². The smallest absolute Gasteiger partial charge is 0.321 e. The van der Waals surface area contributed by atoms with Gasteiger partial charge in [0, 0.05) is 0 Å². The number of carboxylic acids is 1. The number of rotatable bonds is 8. The van der Waals surface area contributed by atoms with E-state index in [4.69, 9.17) is 5.73 Å². The van der Waals surface area contributed by atoms with Crippen molar-refractivity contribution in [2.75, 3.05) is 6.54 Å². The van der Waals surface area contributed by atoms with E-state index in [1.807, 2.05) is 24.3 Å². The normalized spacial score (nSPS) is 13.1. The molecule has 0 fully saturated rings. The Morgan fingerprint density at radius 1 is 1.13 bits per heavy atom. The van der Waals surface area contributed by atoms with Crippen LogP contribution in [0, 0.1) is 0 Å². The highest BCUT2D eigenvalue weighted by Crippen LogP contribution is 2.19. The molecule has 0 aliphatic carbocycles. The van der Waals surface area contributed by atoms with E-state index in [2.05, 4.69) is 4.72 Å². The zero-order valence-electron chi connectivity index (χ0n) is 12.6. The lowest BCUT2D eigenvalue weighted by molar-refractivity contribution is -0.139. The molecule has 23 heavy (non-hydrogen) atoms. The lowest BCUT2D eigenvalue weighted by atomic mass is 10.1. The Morgan fingerprint density at radius 2 is 1.83 bits per heavy atom. The molecule has 0 unspecified atom stereocenters. The lowest BCUT2D eigenvalue weighted by Crippen LogP contribution is -2.40. The molecule has 0 aliphatic heterocycles. The second-order valence-corrected chi connectivity index (χ2v) is 7.02. The van der Waals surface area contributed by atoms with E-state index >= 15 is 0 Å². The molecular weight excluding hydrogens is 316 g/mol. The third-order valence-electron chi connectivity index (χ3n) is 3.57. The maximum Gasteiger partial charge on any atom is 0.321 e. The molecule has 0 saturated heterocycles. The van der Waals surface area contributed by atoms with E-state index in [-0.39, 0.29) is 11.3 Å². The molecule has 0 aromatic heterocycles. The van der Waals surface area contributed by atoms with Gasteiger partial charge in [0.1, 0.15) is 6.04 Å². The molecule has 2 rings (SSSR count). The van der Waals surface area contributed by atoms with Gasteiger partial charge in [0.05, 0.1) is 4.90 Å². The summed E-state index contributed by atoms with van der Waals surface area (Å²) in [5.41, 5.74) is 5.38. The van der Waals surface area contributed by atoms with Crippen LogP contribution in [0.2, 0.25) is 0 Å². The van der Waals surface area contributed by atoms with E-state index in [1.165, 1.54) is 12.1 Å². The highest BCUT2D eigenvalue weighted by Gasteiger charge is 2.25. The van der Waals surface area contributed by atoms with E-state index < -0.39 is 22.0 Å². The summed E-state index contributed by atoms with van der Waals surface area (Å²) in [6, 6.07) is 10.9. The molecule has 0 radical (unpaired) electrons. The van der Waals surface area contributed by atoms with Crippen molar-refractivity contribution in [3.63, 3.8) is 0 Å². The van der Waals surface area contributed by atoms with E-state index in [1.54, 1.807) is 6.07 Å². The second-order valence-electron chi connectivity index (χ2n) is 5.31. The molecule has 0 amide bonds. The molecule has 4 N–H and O–H groups in total. The number of nitrogens with one attached hydrogen (secondary N) is 1. The molecule has 124 valence electrons. The Kier molecular flexibility index (Phi) is 5.70. The first-order chi connectivity index (χ1) is 10.9. The second kappa shape index (κ2) is 7.54. The Bertz CT molecular complexity index is 790. The average molecular weight is 336 g/mol. The largest absolute Gasteiger partial charge is 0.480 e. The number of fused-ring (bicyclic) bond motifs is 1. The van der Waals surface area contributed by atoms with Crippen molar-refractivity contribution in [2.24, 2.45) is 5.73 Å². The third-order valence-corrected chi connectivity index (χ3v) is 5.04. The Labute approximate surface area is 135 Å². The van der Waals surface area contributed by atoms with Gasteiger partial charge in [-0.2, -0.15) is 4.72 Å². The third kappa shape index (κ3) is 4.51. The molecule has 0 heterocycles. The molecule has 0 spiro atoms. The molecule has 0 bridgehead atoms. The van der Waals surface area contributed by atoms with E-state index in [0.29, 0.717) is 19.4 Å². The van der Waals surface area contributed by atoms with Gasteiger partial charge < -0.3 is 10.8 Å². The number of hydrogen-bond donors (Lipinski definition) is 3. The molecule has 1 atom stereocenters. The van der Waals surface area contributed by atoms with Gasteiger partial charge in [0.15, 0.2) is 0 Å². The SMILES string of the molecule is NCCCC[C@H](NS(=O)(=O)c1ccc2ccccc2c1)C(=O)O. The van der Waals surface area contributed by atoms with Crippen LogP contribution in [0.1, 0.15) is 19.3 Å². The van der Waals surface area contributed by atoms with E-state index in [9.17, 15) is 18.3 Å². The van der Waals surface area contributed by atoms with Crippen LogP contribution in [-0.2, 0) is 14.8 Å². The number of nitrogens with two attached hydrogens (primary N) is 1. The van der Waals surface area contributed by atoms with E-state index in [0.717, 1.165) is 10.8 Å². The summed E-state index contributed by atoms with van der Waals surface area (Å²) in [4.78, 5) is 11.3. The summed E-state index contributed by atoms with van der Waals surface area (Å²) in [5.74, 6) is -1.19. The number of benzene rings is 2. The summed E-state index contributed by atoms with van der Waals surface area (Å²) in [6.07, 6.45) is 1.41. The molecule has 2 aromatic rings. The highest BCUT2D eigenvalue weighted by atomic mass is 32.2. The standard InChI is InChI=1S/C16H20N2O4S/c17-10-4-3-7-15(16(19)20)18-23(21,22)14-9-8-12-5-1-2-6-13(12)11-14/h1-2,5-6,8-9,11,15,18H,3-4,7,10,17H2,(H,19,20)/t15-/m0/s1. The summed E-state index contributed by atoms with van der Waals surface area (Å²) >= 11 is 0. The van der Waals surface area contributed by atoms with Crippen molar-refractivity contribution in [3.8, 4) is 0 Å². The number of sulfonamides is 1. The van der Waals surface area contributed by atoms with Gasteiger partial charge in [-0.15, -0.1) is 0 Å². The van der Waals surface area contributed by atoms with Gasteiger partial charge in [0.25, 0.3) is 0 Å². The van der Waals surface area contributed by atoms with Gasteiger partial charge in [0.2, 0.25) is 10.0 Å². The van der Waals surface area contributed by atoms with Gasteiger partial charge in [-0.25, -0.2) is 8.42 Å². The monoisotopic (exact) mass is 336 g/mol. The molecule has 2 aromatic carbocycles. The van der Waals surface area contributed by atoms with Crippen LogP contribution in [0.25, 0.3) is 10.8 Å². The van der Waals surface area contributed by atoms with Gasteiger partial charge in [-0.1, -0.05) is 36.8 Å². The lowest BCUT2D eigenvalue weighted by Gasteiger charge is -2.15.